The minimum absolute atomic E-state index is 0.0105. The van der Waals surface area contributed by atoms with Crippen molar-refractivity contribution in [2.45, 2.75) is 83.7 Å². The van der Waals surface area contributed by atoms with Gasteiger partial charge in [0.25, 0.3) is 0 Å². The van der Waals surface area contributed by atoms with Gasteiger partial charge in [-0.25, -0.2) is 4.98 Å². The summed E-state index contributed by atoms with van der Waals surface area (Å²) >= 11 is 1.52. The lowest BCUT2D eigenvalue weighted by atomic mass is 10.0. The highest BCUT2D eigenvalue weighted by atomic mass is 32.2. The standard InChI is InChI=1S/C21H29N3O2S/c1-11-18(15(5)25)13(3)22-19(11)20(26)16(6)27-21-23-12(2)14(4)24(21)17-9-7-8-10-17/h16-17,22H,7-10H2,1-6H3. The molecule has 0 bridgehead atoms. The first-order valence-electron chi connectivity index (χ1n) is 9.68. The summed E-state index contributed by atoms with van der Waals surface area (Å²) in [6.07, 6.45) is 4.89. The number of aryl methyl sites for hydroxylation is 2. The Labute approximate surface area is 165 Å². The molecule has 0 aromatic carbocycles. The van der Waals surface area contributed by atoms with Gasteiger partial charge in [-0.1, -0.05) is 24.6 Å². The van der Waals surface area contributed by atoms with Crippen LogP contribution < -0.4 is 0 Å². The highest BCUT2D eigenvalue weighted by Gasteiger charge is 2.28. The van der Waals surface area contributed by atoms with Crippen LogP contribution in [0.3, 0.4) is 0 Å². The van der Waals surface area contributed by atoms with E-state index in [2.05, 4.69) is 16.5 Å². The van der Waals surface area contributed by atoms with Gasteiger partial charge in [0, 0.05) is 23.0 Å². The van der Waals surface area contributed by atoms with Crippen LogP contribution in [0.1, 0.15) is 89.1 Å². The molecular formula is C21H29N3O2S. The summed E-state index contributed by atoms with van der Waals surface area (Å²) < 4.78 is 2.34. The van der Waals surface area contributed by atoms with Crippen LogP contribution in [0.5, 0.6) is 0 Å². The Morgan fingerprint density at radius 2 is 1.81 bits per heavy atom. The fraction of sp³-hybridized carbons (Fsp3) is 0.571. The van der Waals surface area contributed by atoms with E-state index in [4.69, 9.17) is 4.98 Å². The Morgan fingerprint density at radius 3 is 2.37 bits per heavy atom. The second kappa shape index (κ2) is 7.66. The maximum Gasteiger partial charge on any atom is 0.192 e. The number of thioether (sulfide) groups is 1. The van der Waals surface area contributed by atoms with Gasteiger partial charge in [-0.05, 0) is 59.9 Å². The number of hydrogen-bond donors (Lipinski definition) is 1. The van der Waals surface area contributed by atoms with Gasteiger partial charge in [-0.15, -0.1) is 0 Å². The van der Waals surface area contributed by atoms with E-state index in [9.17, 15) is 9.59 Å². The molecule has 0 aliphatic heterocycles. The van der Waals surface area contributed by atoms with E-state index >= 15 is 0 Å². The van der Waals surface area contributed by atoms with Crippen molar-refractivity contribution in [3.05, 3.63) is 33.9 Å². The molecule has 0 amide bonds. The lowest BCUT2D eigenvalue weighted by molar-refractivity contribution is 0.0988. The number of aromatic amines is 1. The largest absolute Gasteiger partial charge is 0.355 e. The van der Waals surface area contributed by atoms with Crippen molar-refractivity contribution in [1.29, 1.82) is 0 Å². The predicted octanol–water partition coefficient (Wildman–Crippen LogP) is 5.13. The fourth-order valence-corrected chi connectivity index (χ4v) is 5.34. The molecule has 146 valence electrons. The lowest BCUT2D eigenvalue weighted by Gasteiger charge is -2.18. The summed E-state index contributed by atoms with van der Waals surface area (Å²) in [5, 5.41) is 0.661. The highest BCUT2D eigenvalue weighted by molar-refractivity contribution is 8.00. The van der Waals surface area contributed by atoms with Crippen LogP contribution >= 0.6 is 11.8 Å². The topological polar surface area (TPSA) is 67.8 Å². The van der Waals surface area contributed by atoms with Crippen LogP contribution in [-0.2, 0) is 0 Å². The SMILES string of the molecule is CC(=O)c1c(C)[nH]c(C(=O)C(C)Sc2nc(C)c(C)n2C2CCCC2)c1C. The minimum Gasteiger partial charge on any atom is -0.355 e. The smallest absolute Gasteiger partial charge is 0.192 e. The maximum absolute atomic E-state index is 13.1. The van der Waals surface area contributed by atoms with E-state index in [0.29, 0.717) is 17.3 Å². The van der Waals surface area contributed by atoms with E-state index in [0.717, 1.165) is 22.1 Å². The van der Waals surface area contributed by atoms with Crippen molar-refractivity contribution in [2.24, 2.45) is 0 Å². The van der Waals surface area contributed by atoms with Gasteiger partial charge < -0.3 is 9.55 Å². The number of H-pyrrole nitrogens is 1. The Kier molecular flexibility index (Phi) is 5.65. The number of Topliss-reactive ketones (excluding diaryl/α,β-unsaturated/α-hetero) is 2. The van der Waals surface area contributed by atoms with Gasteiger partial charge in [0.15, 0.2) is 16.7 Å². The third kappa shape index (κ3) is 3.64. The molecule has 0 radical (unpaired) electrons. The van der Waals surface area contributed by atoms with Crippen molar-refractivity contribution in [3.8, 4) is 0 Å². The number of carbonyl (C=O) groups is 2. The van der Waals surface area contributed by atoms with Crippen molar-refractivity contribution in [2.75, 3.05) is 0 Å². The van der Waals surface area contributed by atoms with Crippen LogP contribution in [0, 0.1) is 27.7 Å². The molecular weight excluding hydrogens is 358 g/mol. The summed E-state index contributed by atoms with van der Waals surface area (Å²) in [5.41, 5.74) is 4.94. The normalized spacial score (nSPS) is 16.1. The zero-order valence-electron chi connectivity index (χ0n) is 17.1. The average Bonchev–Trinajstić information content (AvgIpc) is 3.27. The minimum atomic E-state index is -0.275. The molecule has 27 heavy (non-hydrogen) atoms. The van der Waals surface area contributed by atoms with Gasteiger partial charge in [0.1, 0.15) is 0 Å². The molecule has 0 saturated heterocycles. The van der Waals surface area contributed by atoms with Crippen LogP contribution in [0.2, 0.25) is 0 Å². The molecule has 1 saturated carbocycles. The lowest BCUT2D eigenvalue weighted by Crippen LogP contribution is -2.17. The van der Waals surface area contributed by atoms with Gasteiger partial charge in [0.05, 0.1) is 16.6 Å². The average molecular weight is 388 g/mol. The van der Waals surface area contributed by atoms with Crippen LogP contribution in [0.15, 0.2) is 5.16 Å². The molecule has 1 aliphatic carbocycles. The molecule has 6 heteroatoms. The third-order valence-corrected chi connectivity index (χ3v) is 6.80. The summed E-state index contributed by atoms with van der Waals surface area (Å²) in [7, 11) is 0. The van der Waals surface area contributed by atoms with Crippen LogP contribution in [-0.4, -0.2) is 31.4 Å². The second-order valence-electron chi connectivity index (χ2n) is 7.68. The summed E-state index contributed by atoms with van der Waals surface area (Å²) in [4.78, 5) is 32.8. The third-order valence-electron chi connectivity index (χ3n) is 5.73. The molecule has 2 heterocycles. The van der Waals surface area contributed by atoms with E-state index in [1.165, 1.54) is 43.1 Å². The molecule has 1 atom stereocenters. The van der Waals surface area contributed by atoms with Gasteiger partial charge in [-0.3, -0.25) is 9.59 Å². The number of nitrogens with zero attached hydrogens (tertiary/aromatic N) is 2. The summed E-state index contributed by atoms with van der Waals surface area (Å²) in [6.45, 7) is 11.3. The molecule has 1 aliphatic rings. The van der Waals surface area contributed by atoms with Gasteiger partial charge >= 0.3 is 0 Å². The van der Waals surface area contributed by atoms with Gasteiger partial charge in [-0.2, -0.15) is 0 Å². The quantitative estimate of drug-likeness (QED) is 0.551. The number of hydrogen-bond acceptors (Lipinski definition) is 4. The summed E-state index contributed by atoms with van der Waals surface area (Å²) in [5.74, 6) is 0.00742. The van der Waals surface area contributed by atoms with E-state index in [1.54, 1.807) is 6.92 Å². The Bertz CT molecular complexity index is 888. The van der Waals surface area contributed by atoms with Crippen LogP contribution in [0.25, 0.3) is 0 Å². The predicted molar refractivity (Wildman–Crippen MR) is 109 cm³/mol. The molecule has 3 rings (SSSR count). The monoisotopic (exact) mass is 387 g/mol. The zero-order valence-corrected chi connectivity index (χ0v) is 17.9. The van der Waals surface area contributed by atoms with E-state index < -0.39 is 0 Å². The molecule has 2 aromatic heterocycles. The maximum atomic E-state index is 13.1. The Balaban J connectivity index is 1.87. The van der Waals surface area contributed by atoms with Crippen LogP contribution in [0.4, 0.5) is 0 Å². The molecule has 1 N–H and O–H groups in total. The first-order chi connectivity index (χ1) is 12.7. The van der Waals surface area contributed by atoms with E-state index in [1.807, 2.05) is 27.7 Å². The van der Waals surface area contributed by atoms with Gasteiger partial charge in [0.2, 0.25) is 0 Å². The van der Waals surface area contributed by atoms with Crippen molar-refractivity contribution >= 4 is 23.3 Å². The summed E-state index contributed by atoms with van der Waals surface area (Å²) in [6, 6.07) is 0.495. The highest BCUT2D eigenvalue weighted by Crippen LogP contribution is 2.37. The molecule has 5 nitrogen and oxygen atoms in total. The zero-order chi connectivity index (χ0) is 19.9. The van der Waals surface area contributed by atoms with Crippen molar-refractivity contribution < 1.29 is 9.59 Å². The molecule has 0 spiro atoms. The molecule has 2 aromatic rings. The number of aromatic nitrogens is 3. The number of carbonyl (C=O) groups excluding carboxylic acids is 2. The Hall–Kier alpha value is -1.82. The fourth-order valence-electron chi connectivity index (χ4n) is 4.21. The molecule has 1 unspecified atom stereocenters. The Morgan fingerprint density at radius 1 is 1.19 bits per heavy atom. The number of nitrogens with one attached hydrogen (secondary N) is 1. The van der Waals surface area contributed by atoms with E-state index in [-0.39, 0.29) is 16.8 Å². The number of rotatable bonds is 6. The first-order valence-corrected chi connectivity index (χ1v) is 10.6. The number of ketones is 2. The second-order valence-corrected chi connectivity index (χ2v) is 8.99. The molecule has 1 fully saturated rings. The van der Waals surface area contributed by atoms with Crippen molar-refractivity contribution in [1.82, 2.24) is 14.5 Å². The number of imidazole rings is 1. The van der Waals surface area contributed by atoms with Crippen molar-refractivity contribution in [3.63, 3.8) is 0 Å². The first kappa shape index (κ1) is 19.9.